The normalized spacial score (nSPS) is 10.9. The molecule has 0 heterocycles. The molecule has 0 atom stereocenters. The molecule has 0 aliphatic heterocycles. The molecular formula is C25H26ClN3O5S. The van der Waals surface area contributed by atoms with Gasteiger partial charge in [-0.3, -0.25) is 14.3 Å². The number of carbonyl (C=O) groups is 2. The SMILES string of the molecule is CCN(CC)C(=O)c1ccc(OCC(=O)Nc2ccc(S(=O)(=O)Nc3cccc(Cl)c3)cc2)cc1. The fraction of sp³-hybridized carbons (Fsp3) is 0.200. The maximum atomic E-state index is 12.6. The van der Waals surface area contributed by atoms with Gasteiger partial charge in [0.1, 0.15) is 5.75 Å². The highest BCUT2D eigenvalue weighted by atomic mass is 35.5. The average molecular weight is 516 g/mol. The minimum absolute atomic E-state index is 0.0334. The van der Waals surface area contributed by atoms with Crippen molar-refractivity contribution in [3.8, 4) is 5.75 Å². The average Bonchev–Trinajstić information content (AvgIpc) is 2.84. The second-order valence-corrected chi connectivity index (χ2v) is 9.60. The lowest BCUT2D eigenvalue weighted by atomic mass is 10.2. The van der Waals surface area contributed by atoms with Crippen LogP contribution in [0.4, 0.5) is 11.4 Å². The van der Waals surface area contributed by atoms with Gasteiger partial charge in [0.2, 0.25) is 0 Å². The number of rotatable bonds is 10. The first-order valence-corrected chi connectivity index (χ1v) is 12.8. The molecule has 0 spiro atoms. The first-order chi connectivity index (χ1) is 16.7. The zero-order chi connectivity index (χ0) is 25.4. The molecule has 0 bridgehead atoms. The Balaban J connectivity index is 1.54. The van der Waals surface area contributed by atoms with Crippen molar-refractivity contribution in [3.63, 3.8) is 0 Å². The largest absolute Gasteiger partial charge is 0.484 e. The van der Waals surface area contributed by atoms with E-state index in [1.165, 1.54) is 30.3 Å². The molecule has 3 rings (SSSR count). The molecule has 3 aromatic rings. The van der Waals surface area contributed by atoms with Crippen molar-refractivity contribution in [2.24, 2.45) is 0 Å². The summed E-state index contributed by atoms with van der Waals surface area (Å²) in [6.07, 6.45) is 0. The van der Waals surface area contributed by atoms with Gasteiger partial charge in [-0.1, -0.05) is 17.7 Å². The van der Waals surface area contributed by atoms with Gasteiger partial charge in [0.15, 0.2) is 6.61 Å². The fourth-order valence-electron chi connectivity index (χ4n) is 3.22. The third kappa shape index (κ3) is 7.21. The molecule has 10 heteroatoms. The van der Waals surface area contributed by atoms with Crippen LogP contribution in [0.3, 0.4) is 0 Å². The molecule has 0 radical (unpaired) electrons. The van der Waals surface area contributed by atoms with Crippen LogP contribution in [-0.2, 0) is 14.8 Å². The summed E-state index contributed by atoms with van der Waals surface area (Å²) in [5, 5.41) is 3.06. The van der Waals surface area contributed by atoms with E-state index in [2.05, 4.69) is 10.0 Å². The van der Waals surface area contributed by atoms with E-state index in [0.717, 1.165) is 0 Å². The lowest BCUT2D eigenvalue weighted by molar-refractivity contribution is -0.118. The van der Waals surface area contributed by atoms with E-state index >= 15 is 0 Å². The van der Waals surface area contributed by atoms with E-state index in [0.29, 0.717) is 40.8 Å². The summed E-state index contributed by atoms with van der Waals surface area (Å²) in [7, 11) is -3.81. The highest BCUT2D eigenvalue weighted by molar-refractivity contribution is 7.92. The van der Waals surface area contributed by atoms with Gasteiger partial charge in [0, 0.05) is 29.4 Å². The third-order valence-electron chi connectivity index (χ3n) is 5.05. The molecule has 184 valence electrons. The Morgan fingerprint density at radius 3 is 2.17 bits per heavy atom. The van der Waals surface area contributed by atoms with Crippen LogP contribution in [-0.4, -0.2) is 44.8 Å². The lowest BCUT2D eigenvalue weighted by Crippen LogP contribution is -2.30. The van der Waals surface area contributed by atoms with Gasteiger partial charge in [-0.25, -0.2) is 8.42 Å². The van der Waals surface area contributed by atoms with Crippen LogP contribution in [0.2, 0.25) is 5.02 Å². The number of benzene rings is 3. The van der Waals surface area contributed by atoms with Crippen molar-refractivity contribution in [3.05, 3.63) is 83.4 Å². The van der Waals surface area contributed by atoms with Gasteiger partial charge in [-0.05, 0) is 80.6 Å². The van der Waals surface area contributed by atoms with Crippen molar-refractivity contribution >= 4 is 44.8 Å². The summed E-state index contributed by atoms with van der Waals surface area (Å²) in [6.45, 7) is 4.84. The van der Waals surface area contributed by atoms with E-state index in [9.17, 15) is 18.0 Å². The highest BCUT2D eigenvalue weighted by Gasteiger charge is 2.15. The molecule has 2 N–H and O–H groups in total. The smallest absolute Gasteiger partial charge is 0.262 e. The molecule has 0 saturated heterocycles. The molecule has 0 aliphatic rings. The zero-order valence-corrected chi connectivity index (χ0v) is 20.9. The summed E-state index contributed by atoms with van der Waals surface area (Å²) >= 11 is 5.89. The number of amides is 2. The van der Waals surface area contributed by atoms with Crippen molar-refractivity contribution < 1.29 is 22.7 Å². The summed E-state index contributed by atoms with van der Waals surface area (Å²) < 4.78 is 33.1. The van der Waals surface area contributed by atoms with E-state index in [1.54, 1.807) is 47.4 Å². The summed E-state index contributed by atoms with van der Waals surface area (Å²) in [5.41, 5.74) is 1.31. The predicted molar refractivity (Wildman–Crippen MR) is 137 cm³/mol. The molecular weight excluding hydrogens is 490 g/mol. The minimum Gasteiger partial charge on any atom is -0.484 e. The highest BCUT2D eigenvalue weighted by Crippen LogP contribution is 2.21. The molecule has 0 aliphatic carbocycles. The first kappa shape index (κ1) is 26.1. The van der Waals surface area contributed by atoms with E-state index in [-0.39, 0.29) is 17.4 Å². The summed E-state index contributed by atoms with van der Waals surface area (Å²) in [4.78, 5) is 26.3. The van der Waals surface area contributed by atoms with Crippen molar-refractivity contribution in [1.29, 1.82) is 0 Å². The number of nitrogens with one attached hydrogen (secondary N) is 2. The maximum Gasteiger partial charge on any atom is 0.262 e. The number of carbonyl (C=O) groups excluding carboxylic acids is 2. The second-order valence-electron chi connectivity index (χ2n) is 7.48. The minimum atomic E-state index is -3.81. The fourth-order valence-corrected chi connectivity index (χ4v) is 4.46. The number of halogens is 1. The van der Waals surface area contributed by atoms with Gasteiger partial charge < -0.3 is 15.0 Å². The summed E-state index contributed by atoms with van der Waals surface area (Å²) in [5.74, 6) is -0.0294. The standard InChI is InChI=1S/C25H26ClN3O5S/c1-3-29(4-2)25(31)18-8-12-22(13-9-18)34-17-24(30)27-20-10-14-23(15-11-20)35(32,33)28-21-7-5-6-19(26)16-21/h5-16,28H,3-4,17H2,1-2H3,(H,27,30). The number of sulfonamides is 1. The molecule has 35 heavy (non-hydrogen) atoms. The number of nitrogens with zero attached hydrogens (tertiary/aromatic N) is 1. The van der Waals surface area contributed by atoms with Gasteiger partial charge >= 0.3 is 0 Å². The van der Waals surface area contributed by atoms with Crippen LogP contribution in [0.1, 0.15) is 24.2 Å². The third-order valence-corrected chi connectivity index (χ3v) is 6.68. The Labute approximate surface area is 209 Å². The van der Waals surface area contributed by atoms with Crippen LogP contribution in [0.5, 0.6) is 5.75 Å². The summed E-state index contributed by atoms with van der Waals surface area (Å²) in [6, 6.07) is 18.7. The Kier molecular flexibility index (Phi) is 8.73. The molecule has 0 unspecified atom stereocenters. The number of hydrogen-bond acceptors (Lipinski definition) is 5. The van der Waals surface area contributed by atoms with Gasteiger partial charge in [0.05, 0.1) is 10.6 Å². The quantitative estimate of drug-likeness (QED) is 0.409. The van der Waals surface area contributed by atoms with Crippen LogP contribution >= 0.6 is 11.6 Å². The van der Waals surface area contributed by atoms with Crippen LogP contribution in [0.15, 0.2) is 77.7 Å². The molecule has 3 aromatic carbocycles. The van der Waals surface area contributed by atoms with Crippen LogP contribution in [0.25, 0.3) is 0 Å². The Morgan fingerprint density at radius 2 is 1.57 bits per heavy atom. The van der Waals surface area contributed by atoms with Crippen LogP contribution < -0.4 is 14.8 Å². The van der Waals surface area contributed by atoms with Gasteiger partial charge in [-0.15, -0.1) is 0 Å². The van der Waals surface area contributed by atoms with Gasteiger partial charge in [0.25, 0.3) is 21.8 Å². The van der Waals surface area contributed by atoms with Gasteiger partial charge in [-0.2, -0.15) is 0 Å². The number of ether oxygens (including phenoxy) is 1. The Morgan fingerprint density at radius 1 is 0.914 bits per heavy atom. The molecule has 8 nitrogen and oxygen atoms in total. The topological polar surface area (TPSA) is 105 Å². The van der Waals surface area contributed by atoms with Crippen LogP contribution in [0, 0.1) is 0 Å². The molecule has 2 amide bonds. The van der Waals surface area contributed by atoms with E-state index in [4.69, 9.17) is 16.3 Å². The second kappa shape index (κ2) is 11.7. The number of hydrogen-bond donors (Lipinski definition) is 2. The molecule has 0 saturated carbocycles. The molecule has 0 aromatic heterocycles. The van der Waals surface area contributed by atoms with Crippen molar-refractivity contribution in [1.82, 2.24) is 4.90 Å². The lowest BCUT2D eigenvalue weighted by Gasteiger charge is -2.18. The predicted octanol–water partition coefficient (Wildman–Crippen LogP) is 4.64. The van der Waals surface area contributed by atoms with Crippen molar-refractivity contribution in [2.75, 3.05) is 29.7 Å². The first-order valence-electron chi connectivity index (χ1n) is 10.9. The van der Waals surface area contributed by atoms with E-state index in [1.807, 2.05) is 13.8 Å². The Bertz CT molecular complexity index is 1280. The van der Waals surface area contributed by atoms with E-state index < -0.39 is 15.9 Å². The monoisotopic (exact) mass is 515 g/mol. The molecule has 0 fully saturated rings. The zero-order valence-electron chi connectivity index (χ0n) is 19.3. The maximum absolute atomic E-state index is 12.6. The Hall–Kier alpha value is -3.56. The number of anilines is 2. The van der Waals surface area contributed by atoms with Crippen molar-refractivity contribution in [2.45, 2.75) is 18.7 Å².